The zero-order chi connectivity index (χ0) is 19.3. The van der Waals surface area contributed by atoms with E-state index >= 15 is 0 Å². The Morgan fingerprint density at radius 3 is 2.24 bits per heavy atom. The summed E-state index contributed by atoms with van der Waals surface area (Å²) in [4.78, 5) is 22.7. The van der Waals surface area contributed by atoms with Crippen molar-refractivity contribution in [3.05, 3.63) is 12.2 Å². The van der Waals surface area contributed by atoms with E-state index in [1.807, 2.05) is 0 Å². The van der Waals surface area contributed by atoms with Crippen molar-refractivity contribution in [3.8, 4) is 0 Å². The molecule has 1 unspecified atom stereocenters. The van der Waals surface area contributed by atoms with Crippen LogP contribution < -0.4 is 5.32 Å². The van der Waals surface area contributed by atoms with Crippen LogP contribution >= 0.6 is 7.60 Å². The first-order valence-corrected chi connectivity index (χ1v) is 9.72. The van der Waals surface area contributed by atoms with E-state index in [1.165, 1.54) is 6.92 Å². The minimum absolute atomic E-state index is 0.0104. The number of rotatable bonds is 14. The number of hydrogen-bond donors (Lipinski definition) is 2. The lowest BCUT2D eigenvalue weighted by Gasteiger charge is -2.17. The van der Waals surface area contributed by atoms with Crippen LogP contribution in [-0.2, 0) is 32.7 Å². The van der Waals surface area contributed by atoms with Crippen LogP contribution in [0.4, 0.5) is 0 Å². The summed E-state index contributed by atoms with van der Waals surface area (Å²) in [5.74, 6) is -1.18. The van der Waals surface area contributed by atoms with Crippen molar-refractivity contribution in [1.82, 2.24) is 5.32 Å². The molecule has 0 saturated heterocycles. The van der Waals surface area contributed by atoms with E-state index in [4.69, 9.17) is 18.5 Å². The molecule has 25 heavy (non-hydrogen) atoms. The van der Waals surface area contributed by atoms with Gasteiger partial charge in [0.1, 0.15) is 19.3 Å². The molecule has 2 N–H and O–H groups in total. The van der Waals surface area contributed by atoms with Gasteiger partial charge in [0.05, 0.1) is 25.9 Å². The highest BCUT2D eigenvalue weighted by Crippen LogP contribution is 2.46. The number of hydrogen-bond acceptors (Lipinski definition) is 9. The topological polar surface area (TPSA) is 120 Å². The highest BCUT2D eigenvalue weighted by molar-refractivity contribution is 7.53. The Balaban J connectivity index is 3.91. The van der Waals surface area contributed by atoms with Gasteiger partial charge in [-0.25, -0.2) is 4.79 Å². The molecule has 0 spiro atoms. The van der Waals surface area contributed by atoms with Crippen LogP contribution in [0.15, 0.2) is 12.2 Å². The monoisotopic (exact) mass is 381 g/mol. The molecule has 0 aliphatic rings. The van der Waals surface area contributed by atoms with Gasteiger partial charge < -0.3 is 28.9 Å². The van der Waals surface area contributed by atoms with E-state index in [2.05, 4.69) is 11.9 Å². The molecule has 0 aromatic heterocycles. The van der Waals surface area contributed by atoms with Crippen molar-refractivity contribution >= 4 is 19.5 Å². The van der Waals surface area contributed by atoms with Gasteiger partial charge in [-0.3, -0.25) is 9.36 Å². The second-order valence-electron chi connectivity index (χ2n) is 5.07. The molecule has 9 nitrogen and oxygen atoms in total. The summed E-state index contributed by atoms with van der Waals surface area (Å²) in [5.41, 5.74) is 0.215. The molecule has 1 atom stereocenters. The largest absolute Gasteiger partial charge is 0.463 e. The van der Waals surface area contributed by atoms with E-state index in [1.54, 1.807) is 13.8 Å². The molecule has 0 aliphatic heterocycles. The molecular weight excluding hydrogens is 353 g/mol. The summed E-state index contributed by atoms with van der Waals surface area (Å²) < 4.78 is 31.9. The van der Waals surface area contributed by atoms with Gasteiger partial charge in [0, 0.05) is 12.1 Å². The van der Waals surface area contributed by atoms with E-state index in [0.717, 1.165) is 0 Å². The zero-order valence-electron chi connectivity index (χ0n) is 15.0. The summed E-state index contributed by atoms with van der Waals surface area (Å²) >= 11 is 0. The average Bonchev–Trinajstić information content (AvgIpc) is 2.55. The van der Waals surface area contributed by atoms with Gasteiger partial charge in [-0.2, -0.15) is 0 Å². The fourth-order valence-corrected chi connectivity index (χ4v) is 3.01. The fraction of sp³-hybridized carbons (Fsp3) is 0.733. The first-order chi connectivity index (χ1) is 11.7. The smallest absolute Gasteiger partial charge is 0.344 e. The Bertz CT molecular complexity index is 472. The molecule has 0 fully saturated rings. The van der Waals surface area contributed by atoms with Gasteiger partial charge >= 0.3 is 19.5 Å². The maximum Gasteiger partial charge on any atom is 0.344 e. The van der Waals surface area contributed by atoms with Gasteiger partial charge in [0.15, 0.2) is 0 Å². The number of aliphatic hydroxyl groups excluding tert-OH is 1. The maximum atomic E-state index is 12.1. The Kier molecular flexibility index (Phi) is 12.4. The van der Waals surface area contributed by atoms with Gasteiger partial charge in [-0.15, -0.1) is 0 Å². The maximum absolute atomic E-state index is 12.1. The molecule has 0 aromatic carbocycles. The Morgan fingerprint density at radius 2 is 1.72 bits per heavy atom. The van der Waals surface area contributed by atoms with Gasteiger partial charge in [0.25, 0.3) is 0 Å². The summed E-state index contributed by atoms with van der Waals surface area (Å²) in [6, 6.07) is 0. The molecule has 10 heteroatoms. The predicted octanol–water partition coefficient (Wildman–Crippen LogP) is 1.21. The first kappa shape index (κ1) is 23.8. The molecule has 0 aliphatic carbocycles. The molecule has 0 radical (unpaired) electrons. The van der Waals surface area contributed by atoms with Gasteiger partial charge in [-0.05, 0) is 20.8 Å². The minimum Gasteiger partial charge on any atom is -0.463 e. The standard InChI is InChI=1S/C15H28NO8P/c1-5-23-25(20,24-6-2)11-16-8-7-14(18)21-9-13(17)10-22-15(19)12(3)4/h13,16-17H,3,5-11H2,1-2,4H3. The van der Waals surface area contributed by atoms with Crippen LogP contribution in [0.5, 0.6) is 0 Å². The van der Waals surface area contributed by atoms with Crippen LogP contribution in [0.2, 0.25) is 0 Å². The lowest BCUT2D eigenvalue weighted by molar-refractivity contribution is -0.150. The number of carbonyl (C=O) groups excluding carboxylic acids is 2. The fourth-order valence-electron chi connectivity index (χ4n) is 1.53. The Morgan fingerprint density at radius 1 is 1.16 bits per heavy atom. The molecule has 0 aromatic rings. The third kappa shape index (κ3) is 11.9. The Labute approximate surface area is 148 Å². The lowest BCUT2D eigenvalue weighted by Crippen LogP contribution is -2.27. The molecular formula is C15H28NO8P. The van der Waals surface area contributed by atoms with Crippen LogP contribution in [0.3, 0.4) is 0 Å². The number of esters is 2. The second-order valence-corrected chi connectivity index (χ2v) is 7.12. The molecule has 0 bridgehead atoms. The summed E-state index contributed by atoms with van der Waals surface area (Å²) in [6.07, 6.45) is -1.12. The predicted molar refractivity (Wildman–Crippen MR) is 91.1 cm³/mol. The average molecular weight is 381 g/mol. The molecule has 0 amide bonds. The number of nitrogens with one attached hydrogen (secondary N) is 1. The van der Waals surface area contributed by atoms with Crippen molar-refractivity contribution in [3.63, 3.8) is 0 Å². The lowest BCUT2D eigenvalue weighted by atomic mass is 10.3. The SMILES string of the molecule is C=C(C)C(=O)OCC(O)COC(=O)CCNCP(=O)(OCC)OCC. The molecule has 0 rings (SSSR count). The van der Waals surface area contributed by atoms with Crippen LogP contribution in [0.25, 0.3) is 0 Å². The van der Waals surface area contributed by atoms with Crippen molar-refractivity contribution in [1.29, 1.82) is 0 Å². The highest BCUT2D eigenvalue weighted by atomic mass is 31.2. The third-order valence-electron chi connectivity index (χ3n) is 2.65. The van der Waals surface area contributed by atoms with E-state index in [-0.39, 0.29) is 51.3 Å². The van der Waals surface area contributed by atoms with E-state index in [0.29, 0.717) is 0 Å². The quantitative estimate of drug-likeness (QED) is 0.198. The molecule has 0 saturated carbocycles. The minimum atomic E-state index is -3.20. The van der Waals surface area contributed by atoms with Crippen LogP contribution in [-0.4, -0.2) is 62.4 Å². The Hall–Kier alpha value is -1.25. The molecule has 146 valence electrons. The second kappa shape index (κ2) is 13.0. The van der Waals surface area contributed by atoms with Gasteiger partial charge in [0.2, 0.25) is 0 Å². The van der Waals surface area contributed by atoms with E-state index < -0.39 is 25.6 Å². The highest BCUT2D eigenvalue weighted by Gasteiger charge is 2.22. The zero-order valence-corrected chi connectivity index (χ0v) is 15.9. The number of ether oxygens (including phenoxy) is 2. The number of carbonyl (C=O) groups is 2. The van der Waals surface area contributed by atoms with Crippen molar-refractivity contribution in [2.45, 2.75) is 33.3 Å². The van der Waals surface area contributed by atoms with Crippen LogP contribution in [0, 0.1) is 0 Å². The summed E-state index contributed by atoms with van der Waals surface area (Å²) in [7, 11) is -3.20. The summed E-state index contributed by atoms with van der Waals surface area (Å²) in [5, 5.41) is 12.4. The first-order valence-electron chi connectivity index (χ1n) is 7.99. The summed E-state index contributed by atoms with van der Waals surface area (Å²) in [6.45, 7) is 8.46. The third-order valence-corrected chi connectivity index (χ3v) is 4.57. The van der Waals surface area contributed by atoms with Crippen molar-refractivity contribution in [2.24, 2.45) is 0 Å². The van der Waals surface area contributed by atoms with E-state index in [9.17, 15) is 19.3 Å². The van der Waals surface area contributed by atoms with Crippen molar-refractivity contribution in [2.75, 3.05) is 39.3 Å². The normalized spacial score (nSPS) is 12.5. The van der Waals surface area contributed by atoms with Gasteiger partial charge in [-0.1, -0.05) is 6.58 Å². The molecule has 0 heterocycles. The van der Waals surface area contributed by atoms with Crippen LogP contribution in [0.1, 0.15) is 27.2 Å². The van der Waals surface area contributed by atoms with Crippen molar-refractivity contribution < 1.29 is 37.8 Å². The number of aliphatic hydroxyl groups is 1.